The Morgan fingerprint density at radius 2 is 2.29 bits per heavy atom. The minimum atomic E-state index is -3.33. The maximum atomic E-state index is 12.5. The number of hydrazine groups is 1. The van der Waals surface area contributed by atoms with Gasteiger partial charge in [-0.25, -0.2) is 14.3 Å². The van der Waals surface area contributed by atoms with Gasteiger partial charge in [-0.1, -0.05) is 6.92 Å². The molecule has 0 bridgehead atoms. The predicted molar refractivity (Wildman–Crippen MR) is 81.5 cm³/mol. The molecule has 1 aliphatic heterocycles. The summed E-state index contributed by atoms with van der Waals surface area (Å²) >= 11 is 1.53. The fourth-order valence-corrected chi connectivity index (χ4v) is 4.94. The predicted octanol–water partition coefficient (Wildman–Crippen LogP) is -0.288. The highest BCUT2D eigenvalue weighted by atomic mass is 32.2. The van der Waals surface area contributed by atoms with E-state index in [0.29, 0.717) is 23.9 Å². The molecule has 0 saturated carbocycles. The van der Waals surface area contributed by atoms with Crippen LogP contribution in [0.1, 0.15) is 17.4 Å². The molecule has 2 rings (SSSR count). The number of rotatable bonds is 4. The minimum absolute atomic E-state index is 0.00369. The largest absolute Gasteiger partial charge is 0.319 e. The summed E-state index contributed by atoms with van der Waals surface area (Å²) in [6, 6.07) is 2.99. The number of sulfone groups is 1. The first-order valence-electron chi connectivity index (χ1n) is 6.40. The SMILES string of the molecule is CCS(=O)(=O)C1CSCCN1C(=O)c1ccc(NN)nn1. The molecule has 1 unspecified atom stereocenters. The molecule has 0 radical (unpaired) electrons. The van der Waals surface area contributed by atoms with Crippen LogP contribution >= 0.6 is 11.8 Å². The number of nitrogens with zero attached hydrogens (tertiary/aromatic N) is 3. The van der Waals surface area contributed by atoms with E-state index in [0.717, 1.165) is 0 Å². The van der Waals surface area contributed by atoms with Crippen molar-refractivity contribution in [1.82, 2.24) is 15.1 Å². The summed E-state index contributed by atoms with van der Waals surface area (Å²) in [6.45, 7) is 1.96. The molecule has 10 heteroatoms. The van der Waals surface area contributed by atoms with Gasteiger partial charge in [-0.05, 0) is 12.1 Å². The molecule has 1 aromatic rings. The molecule has 0 spiro atoms. The normalized spacial score (nSPS) is 19.3. The van der Waals surface area contributed by atoms with Gasteiger partial charge in [0.15, 0.2) is 21.3 Å². The summed E-state index contributed by atoms with van der Waals surface area (Å²) in [5.74, 6) is 6.19. The number of thioether (sulfide) groups is 1. The molecule has 8 nitrogen and oxygen atoms in total. The summed E-state index contributed by atoms with van der Waals surface area (Å²) in [7, 11) is -3.33. The molecular formula is C11H17N5O3S2. The lowest BCUT2D eigenvalue weighted by Gasteiger charge is -2.34. The molecule has 2 heterocycles. The lowest BCUT2D eigenvalue weighted by Crippen LogP contribution is -2.50. The number of aromatic nitrogens is 2. The highest BCUT2D eigenvalue weighted by Crippen LogP contribution is 2.23. The van der Waals surface area contributed by atoms with Gasteiger partial charge in [0.25, 0.3) is 5.91 Å². The Labute approximate surface area is 127 Å². The maximum Gasteiger partial charge on any atom is 0.275 e. The Bertz CT molecular complexity index is 605. The second kappa shape index (κ2) is 6.58. The Balaban J connectivity index is 2.26. The van der Waals surface area contributed by atoms with Gasteiger partial charge in [0.2, 0.25) is 0 Å². The van der Waals surface area contributed by atoms with Gasteiger partial charge in [-0.15, -0.1) is 10.2 Å². The molecule has 1 fully saturated rings. The molecule has 0 aliphatic carbocycles. The number of nitrogens with two attached hydrogens (primary N) is 1. The zero-order valence-electron chi connectivity index (χ0n) is 11.5. The number of anilines is 1. The third-order valence-corrected chi connectivity index (χ3v) is 6.48. The van der Waals surface area contributed by atoms with Gasteiger partial charge in [-0.2, -0.15) is 11.8 Å². The van der Waals surface area contributed by atoms with Gasteiger partial charge in [0.05, 0.1) is 0 Å². The first-order chi connectivity index (χ1) is 9.99. The standard InChI is InChI=1S/C11H17N5O3S2/c1-2-21(18,19)10-7-20-6-5-16(10)11(17)8-3-4-9(13-12)15-14-8/h3-4,10H,2,5-7,12H2,1H3,(H,13,15). The third-order valence-electron chi connectivity index (χ3n) is 3.19. The van der Waals surface area contributed by atoms with Crippen LogP contribution < -0.4 is 11.3 Å². The van der Waals surface area contributed by atoms with Crippen LogP contribution in [0.5, 0.6) is 0 Å². The van der Waals surface area contributed by atoms with E-state index in [4.69, 9.17) is 5.84 Å². The van der Waals surface area contributed by atoms with E-state index in [9.17, 15) is 13.2 Å². The van der Waals surface area contributed by atoms with Gasteiger partial charge >= 0.3 is 0 Å². The van der Waals surface area contributed by atoms with Crippen LogP contribution in [0.15, 0.2) is 12.1 Å². The Hall–Kier alpha value is -1.39. The number of carbonyl (C=O) groups excluding carboxylic acids is 1. The molecule has 21 heavy (non-hydrogen) atoms. The van der Waals surface area contributed by atoms with Crippen LogP contribution in [-0.4, -0.2) is 58.6 Å². The molecule has 1 atom stereocenters. The molecule has 1 saturated heterocycles. The van der Waals surface area contributed by atoms with Crippen molar-refractivity contribution < 1.29 is 13.2 Å². The lowest BCUT2D eigenvalue weighted by molar-refractivity contribution is 0.0742. The van der Waals surface area contributed by atoms with E-state index in [1.807, 2.05) is 0 Å². The van der Waals surface area contributed by atoms with Crippen molar-refractivity contribution in [1.29, 1.82) is 0 Å². The topological polar surface area (TPSA) is 118 Å². The summed E-state index contributed by atoms with van der Waals surface area (Å²) in [4.78, 5) is 13.8. The first-order valence-corrected chi connectivity index (χ1v) is 9.27. The highest BCUT2D eigenvalue weighted by Gasteiger charge is 2.36. The minimum Gasteiger partial charge on any atom is -0.319 e. The molecular weight excluding hydrogens is 314 g/mol. The van der Waals surface area contributed by atoms with E-state index >= 15 is 0 Å². The zero-order chi connectivity index (χ0) is 15.5. The summed E-state index contributed by atoms with van der Waals surface area (Å²) in [6.07, 6.45) is 0. The fraction of sp³-hybridized carbons (Fsp3) is 0.545. The summed E-state index contributed by atoms with van der Waals surface area (Å²) in [5, 5.41) is 6.71. The van der Waals surface area contributed by atoms with Crippen molar-refractivity contribution in [2.45, 2.75) is 12.3 Å². The molecule has 0 aromatic carbocycles. The fourth-order valence-electron chi connectivity index (χ4n) is 1.97. The zero-order valence-corrected chi connectivity index (χ0v) is 13.2. The van der Waals surface area contributed by atoms with Crippen molar-refractivity contribution in [2.24, 2.45) is 5.84 Å². The monoisotopic (exact) mass is 331 g/mol. The Kier molecular flexibility index (Phi) is 5.01. The van der Waals surface area contributed by atoms with E-state index in [-0.39, 0.29) is 11.4 Å². The second-order valence-corrected chi connectivity index (χ2v) is 8.02. The second-order valence-electron chi connectivity index (χ2n) is 4.43. The molecule has 1 aromatic heterocycles. The molecule has 1 amide bonds. The highest BCUT2D eigenvalue weighted by molar-refractivity contribution is 8.01. The number of nitrogen functional groups attached to an aromatic ring is 1. The van der Waals surface area contributed by atoms with Crippen molar-refractivity contribution in [3.8, 4) is 0 Å². The Morgan fingerprint density at radius 1 is 1.52 bits per heavy atom. The van der Waals surface area contributed by atoms with E-state index in [1.54, 1.807) is 6.92 Å². The number of hydrogen-bond acceptors (Lipinski definition) is 8. The molecule has 116 valence electrons. The van der Waals surface area contributed by atoms with Crippen LogP contribution in [-0.2, 0) is 9.84 Å². The average Bonchev–Trinajstić information content (AvgIpc) is 2.54. The molecule has 3 N–H and O–H groups in total. The number of carbonyl (C=O) groups is 1. The van der Waals surface area contributed by atoms with Crippen LogP contribution in [0.4, 0.5) is 5.82 Å². The van der Waals surface area contributed by atoms with Gasteiger partial charge in [-0.3, -0.25) is 4.79 Å². The van der Waals surface area contributed by atoms with Gasteiger partial charge < -0.3 is 10.3 Å². The quantitative estimate of drug-likeness (QED) is 0.571. The van der Waals surface area contributed by atoms with Gasteiger partial charge in [0.1, 0.15) is 5.37 Å². The first kappa shape index (κ1) is 16.0. The summed E-state index contributed by atoms with van der Waals surface area (Å²) < 4.78 is 24.3. The maximum absolute atomic E-state index is 12.5. The van der Waals surface area contributed by atoms with Crippen molar-refractivity contribution in [3.63, 3.8) is 0 Å². The molecule has 1 aliphatic rings. The van der Waals surface area contributed by atoms with Crippen LogP contribution in [0, 0.1) is 0 Å². The lowest BCUT2D eigenvalue weighted by atomic mass is 10.3. The smallest absolute Gasteiger partial charge is 0.275 e. The number of nitrogens with one attached hydrogen (secondary N) is 1. The summed E-state index contributed by atoms with van der Waals surface area (Å²) in [5.41, 5.74) is 2.43. The van der Waals surface area contributed by atoms with Crippen molar-refractivity contribution >= 4 is 33.3 Å². The van der Waals surface area contributed by atoms with Crippen LogP contribution in [0.25, 0.3) is 0 Å². The van der Waals surface area contributed by atoms with Crippen LogP contribution in [0.3, 0.4) is 0 Å². The average molecular weight is 331 g/mol. The number of hydrogen-bond donors (Lipinski definition) is 2. The van der Waals surface area contributed by atoms with E-state index in [1.165, 1.54) is 28.8 Å². The van der Waals surface area contributed by atoms with Crippen molar-refractivity contribution in [3.05, 3.63) is 17.8 Å². The Morgan fingerprint density at radius 3 is 2.86 bits per heavy atom. The van der Waals surface area contributed by atoms with Crippen LogP contribution in [0.2, 0.25) is 0 Å². The van der Waals surface area contributed by atoms with Crippen molar-refractivity contribution in [2.75, 3.05) is 29.2 Å². The third kappa shape index (κ3) is 3.44. The number of amides is 1. The van der Waals surface area contributed by atoms with Gasteiger partial charge in [0, 0.05) is 23.8 Å². The van der Waals surface area contributed by atoms with E-state index < -0.39 is 21.1 Å². The van der Waals surface area contributed by atoms with E-state index in [2.05, 4.69) is 15.6 Å².